The average Bonchev–Trinajstić information content (AvgIpc) is 3.36. The second-order valence-electron chi connectivity index (χ2n) is 8.34. The molecule has 2 aromatic carbocycles. The maximum Gasteiger partial charge on any atom is 0.416 e. The lowest BCUT2D eigenvalue weighted by Gasteiger charge is -2.31. The highest BCUT2D eigenvalue weighted by atomic mass is 19.4. The van der Waals surface area contributed by atoms with E-state index in [0.29, 0.717) is 22.5 Å². The molecule has 196 valence electrons. The van der Waals surface area contributed by atoms with Gasteiger partial charge in [-0.2, -0.15) is 26.3 Å². The van der Waals surface area contributed by atoms with E-state index in [9.17, 15) is 41.0 Å². The van der Waals surface area contributed by atoms with Crippen LogP contribution in [0.3, 0.4) is 0 Å². The molecule has 2 aromatic heterocycles. The molecule has 0 saturated heterocycles. The molecule has 1 aliphatic heterocycles. The summed E-state index contributed by atoms with van der Waals surface area (Å²) in [6, 6.07) is 10.00. The minimum absolute atomic E-state index is 0.00581. The number of pyridine rings is 1. The van der Waals surface area contributed by atoms with Gasteiger partial charge in [-0.3, -0.25) is 9.59 Å². The van der Waals surface area contributed by atoms with Crippen LogP contribution in [-0.4, -0.2) is 39.2 Å². The molecule has 3 heterocycles. The van der Waals surface area contributed by atoms with Crippen molar-refractivity contribution in [2.24, 2.45) is 0 Å². The van der Waals surface area contributed by atoms with Crippen molar-refractivity contribution in [3.05, 3.63) is 72.1 Å². The van der Waals surface area contributed by atoms with Crippen LogP contribution < -0.4 is 16.0 Å². The summed E-state index contributed by atoms with van der Waals surface area (Å²) in [6.45, 7) is 0. The molecule has 0 saturated carbocycles. The van der Waals surface area contributed by atoms with E-state index in [1.54, 1.807) is 23.5 Å². The van der Waals surface area contributed by atoms with Crippen molar-refractivity contribution in [3.8, 4) is 5.88 Å². The second kappa shape index (κ2) is 8.39. The number of aromatic hydroxyl groups is 1. The Bertz CT molecular complexity index is 1580. The van der Waals surface area contributed by atoms with Crippen molar-refractivity contribution in [3.63, 3.8) is 0 Å². The smallest absolute Gasteiger partial charge is 0.416 e. The molecule has 0 spiro atoms. The van der Waals surface area contributed by atoms with E-state index in [1.807, 2.05) is 0 Å². The van der Waals surface area contributed by atoms with Crippen molar-refractivity contribution < 1.29 is 41.0 Å². The summed E-state index contributed by atoms with van der Waals surface area (Å²) in [6.07, 6.45) is -8.98. The zero-order chi connectivity index (χ0) is 27.5. The highest BCUT2D eigenvalue weighted by molar-refractivity contribution is 6.11. The number of hydrogen-bond donors (Lipinski definition) is 5. The van der Waals surface area contributed by atoms with Crippen molar-refractivity contribution in [1.29, 1.82) is 0 Å². The van der Waals surface area contributed by atoms with Gasteiger partial charge in [0.15, 0.2) is 5.88 Å². The molecule has 14 heteroatoms. The van der Waals surface area contributed by atoms with Crippen molar-refractivity contribution >= 4 is 45.5 Å². The van der Waals surface area contributed by atoms with Gasteiger partial charge in [-0.1, -0.05) is 12.1 Å². The summed E-state index contributed by atoms with van der Waals surface area (Å²) in [5.74, 6) is -3.04. The molecule has 5 N–H and O–H groups in total. The summed E-state index contributed by atoms with van der Waals surface area (Å²) >= 11 is 0. The Morgan fingerprint density at radius 3 is 2.42 bits per heavy atom. The third kappa shape index (κ3) is 3.67. The second-order valence-corrected chi connectivity index (χ2v) is 8.34. The molecule has 0 bridgehead atoms. The fourth-order valence-electron chi connectivity index (χ4n) is 4.38. The fraction of sp³-hybridized carbons (Fsp3) is 0.125. The normalized spacial score (nSPS) is 14.7. The summed E-state index contributed by atoms with van der Waals surface area (Å²) in [4.78, 5) is 31.9. The maximum atomic E-state index is 13.6. The molecular weight excluding hydrogens is 520 g/mol. The van der Waals surface area contributed by atoms with Crippen LogP contribution in [0.25, 0.3) is 10.8 Å². The summed E-state index contributed by atoms with van der Waals surface area (Å²) in [5.41, 5.74) is -6.46. The molecule has 0 fully saturated rings. The first-order chi connectivity index (χ1) is 17.8. The van der Waals surface area contributed by atoms with Crippen molar-refractivity contribution in [1.82, 2.24) is 9.97 Å². The number of rotatable bonds is 4. The Morgan fingerprint density at radius 1 is 0.974 bits per heavy atom. The Labute approximate surface area is 208 Å². The largest absolute Gasteiger partial charge is 0.494 e. The molecule has 0 aliphatic carbocycles. The lowest BCUT2D eigenvalue weighted by Crippen LogP contribution is -2.58. The molecule has 2 amide bonds. The SMILES string of the molecule is O=C(Nc1ccc2c(c1)NC(=O)C2(C(F)(F)F)C(F)(F)F)c1cccnc1Nc1cccc2c(O)[nH]cc12. The van der Waals surface area contributed by atoms with Gasteiger partial charge >= 0.3 is 12.4 Å². The van der Waals surface area contributed by atoms with E-state index in [1.165, 1.54) is 24.5 Å². The number of aromatic nitrogens is 2. The molecule has 0 atom stereocenters. The molecule has 8 nitrogen and oxygen atoms in total. The highest BCUT2D eigenvalue weighted by Gasteiger charge is 2.78. The zero-order valence-electron chi connectivity index (χ0n) is 18.8. The van der Waals surface area contributed by atoms with Crippen LogP contribution >= 0.6 is 0 Å². The maximum absolute atomic E-state index is 13.6. The van der Waals surface area contributed by atoms with Gasteiger partial charge in [-0.15, -0.1) is 0 Å². The molecule has 4 aromatic rings. The van der Waals surface area contributed by atoms with E-state index in [2.05, 4.69) is 20.6 Å². The minimum Gasteiger partial charge on any atom is -0.494 e. The minimum atomic E-state index is -5.96. The number of nitrogens with zero attached hydrogens (tertiary/aromatic N) is 1. The number of halogens is 6. The molecule has 38 heavy (non-hydrogen) atoms. The van der Waals surface area contributed by atoms with Gasteiger partial charge in [-0.25, -0.2) is 4.98 Å². The van der Waals surface area contributed by atoms with E-state index in [-0.39, 0.29) is 22.9 Å². The van der Waals surface area contributed by atoms with Gasteiger partial charge in [0.25, 0.3) is 17.2 Å². The van der Waals surface area contributed by atoms with E-state index in [4.69, 9.17) is 0 Å². The third-order valence-electron chi connectivity index (χ3n) is 6.14. The van der Waals surface area contributed by atoms with Crippen LogP contribution in [-0.2, 0) is 10.2 Å². The lowest BCUT2D eigenvalue weighted by atomic mass is 9.80. The molecular formula is C24H15F6N5O3. The van der Waals surface area contributed by atoms with Crippen LogP contribution in [0.4, 0.5) is 49.2 Å². The quantitative estimate of drug-likeness (QED) is 0.219. The summed E-state index contributed by atoms with van der Waals surface area (Å²) in [5, 5.41) is 18.0. The van der Waals surface area contributed by atoms with Gasteiger partial charge in [0.2, 0.25) is 0 Å². The van der Waals surface area contributed by atoms with E-state index in [0.717, 1.165) is 12.1 Å². The average molecular weight is 535 g/mol. The number of amides is 2. The fourth-order valence-corrected chi connectivity index (χ4v) is 4.38. The number of alkyl halides is 6. The van der Waals surface area contributed by atoms with Gasteiger partial charge in [0.1, 0.15) is 5.82 Å². The van der Waals surface area contributed by atoms with E-state index >= 15 is 0 Å². The van der Waals surface area contributed by atoms with Gasteiger partial charge < -0.3 is 26.0 Å². The highest BCUT2D eigenvalue weighted by Crippen LogP contribution is 2.57. The Kier molecular flexibility index (Phi) is 5.51. The van der Waals surface area contributed by atoms with E-state index < -0.39 is 40.8 Å². The van der Waals surface area contributed by atoms with Gasteiger partial charge in [0.05, 0.1) is 5.56 Å². The predicted octanol–water partition coefficient (Wildman–Crippen LogP) is 5.58. The predicted molar refractivity (Wildman–Crippen MR) is 124 cm³/mol. The summed E-state index contributed by atoms with van der Waals surface area (Å²) in [7, 11) is 0. The number of carbonyl (C=O) groups excluding carboxylic acids is 2. The molecule has 0 radical (unpaired) electrons. The Hall–Kier alpha value is -4.75. The first-order valence-electron chi connectivity index (χ1n) is 10.8. The zero-order valence-corrected chi connectivity index (χ0v) is 18.8. The van der Waals surface area contributed by atoms with Gasteiger partial charge in [0, 0.05) is 45.8 Å². The number of fused-ring (bicyclic) bond motifs is 2. The molecule has 0 unspecified atom stereocenters. The molecule has 1 aliphatic rings. The van der Waals surface area contributed by atoms with Crippen LogP contribution in [0.2, 0.25) is 0 Å². The number of carbonyl (C=O) groups is 2. The number of nitrogens with one attached hydrogen (secondary N) is 4. The first kappa shape index (κ1) is 24.9. The standard InChI is InChI=1S/C24H15F6N5O3/c25-23(26,27)22(24(28,29)30)15-7-6-11(9-17(15)35-21(22)38)33-20(37)13-4-2-8-31-18(13)34-16-5-1-3-12-14(16)10-32-19(12)36/h1-10,32,36H,(H,31,34)(H,33,37)(H,35,38). The summed E-state index contributed by atoms with van der Waals surface area (Å²) < 4.78 is 81.7. The van der Waals surface area contributed by atoms with Crippen LogP contribution in [0.5, 0.6) is 5.88 Å². The number of H-pyrrole nitrogens is 1. The topological polar surface area (TPSA) is 119 Å². The van der Waals surface area contributed by atoms with Crippen LogP contribution in [0.1, 0.15) is 15.9 Å². The number of anilines is 4. The number of aromatic amines is 1. The first-order valence-corrected chi connectivity index (χ1v) is 10.8. The van der Waals surface area contributed by atoms with Crippen molar-refractivity contribution in [2.75, 3.05) is 16.0 Å². The Balaban J connectivity index is 1.45. The molecule has 5 rings (SSSR count). The number of hydrogen-bond acceptors (Lipinski definition) is 5. The van der Waals surface area contributed by atoms with Gasteiger partial charge in [-0.05, 0) is 36.4 Å². The number of benzene rings is 2. The van der Waals surface area contributed by atoms with Crippen LogP contribution in [0.15, 0.2) is 60.9 Å². The monoisotopic (exact) mass is 535 g/mol. The third-order valence-corrected chi connectivity index (χ3v) is 6.14. The lowest BCUT2D eigenvalue weighted by molar-refractivity contribution is -0.288. The Morgan fingerprint density at radius 2 is 1.71 bits per heavy atom. The van der Waals surface area contributed by atoms with Crippen LogP contribution in [0, 0.1) is 0 Å². The van der Waals surface area contributed by atoms with Crippen molar-refractivity contribution in [2.45, 2.75) is 17.8 Å².